The van der Waals surface area contributed by atoms with Crippen molar-refractivity contribution in [2.24, 2.45) is 0 Å². The predicted molar refractivity (Wildman–Crippen MR) is 80.1 cm³/mol. The summed E-state index contributed by atoms with van der Waals surface area (Å²) < 4.78 is 13.4. The van der Waals surface area contributed by atoms with Crippen LogP contribution in [0, 0.1) is 12.7 Å². The molecule has 0 aliphatic rings. The Morgan fingerprint density at radius 2 is 1.86 bits per heavy atom. The van der Waals surface area contributed by atoms with E-state index in [2.05, 4.69) is 20.6 Å². The van der Waals surface area contributed by atoms with Crippen LogP contribution in [0.5, 0.6) is 0 Å². The van der Waals surface area contributed by atoms with Gasteiger partial charge in [0.25, 0.3) is 0 Å². The van der Waals surface area contributed by atoms with Gasteiger partial charge < -0.3 is 15.5 Å². The molecule has 0 unspecified atom stereocenters. The largest absolute Gasteiger partial charge is 0.347 e. The molecule has 0 fully saturated rings. The van der Waals surface area contributed by atoms with Crippen molar-refractivity contribution in [2.45, 2.75) is 6.92 Å². The van der Waals surface area contributed by atoms with Crippen molar-refractivity contribution >= 4 is 23.4 Å². The highest BCUT2D eigenvalue weighted by Gasteiger charge is 2.08. The van der Waals surface area contributed by atoms with Gasteiger partial charge in [-0.3, -0.25) is 0 Å². The minimum absolute atomic E-state index is 0.369. The second-order valence-electron chi connectivity index (χ2n) is 4.66. The van der Waals surface area contributed by atoms with Crippen molar-refractivity contribution in [1.29, 1.82) is 0 Å². The normalized spacial score (nSPS) is 10.1. The molecule has 2 amide bonds. The molecule has 1 aromatic heterocycles. The lowest BCUT2D eigenvalue weighted by Crippen LogP contribution is -2.21. The van der Waals surface area contributed by atoms with Crippen LogP contribution in [0.4, 0.5) is 26.5 Å². The lowest BCUT2D eigenvalue weighted by atomic mass is 10.2. The highest BCUT2D eigenvalue weighted by molar-refractivity contribution is 6.00. The van der Waals surface area contributed by atoms with Crippen molar-refractivity contribution < 1.29 is 9.18 Å². The molecule has 7 heteroatoms. The quantitative estimate of drug-likeness (QED) is 0.911. The van der Waals surface area contributed by atoms with Crippen molar-refractivity contribution in [3.63, 3.8) is 0 Å². The van der Waals surface area contributed by atoms with E-state index in [0.29, 0.717) is 22.9 Å². The summed E-state index contributed by atoms with van der Waals surface area (Å²) in [6.07, 6.45) is 3.00. The first-order chi connectivity index (χ1) is 9.97. The Morgan fingerprint density at radius 1 is 1.19 bits per heavy atom. The van der Waals surface area contributed by atoms with Gasteiger partial charge in [-0.15, -0.1) is 0 Å². The van der Waals surface area contributed by atoms with E-state index in [1.807, 2.05) is 14.1 Å². The van der Waals surface area contributed by atoms with Crippen molar-refractivity contribution in [1.82, 2.24) is 9.97 Å². The maximum Gasteiger partial charge on any atom is 0.323 e. The molecule has 0 aliphatic heterocycles. The number of hydrogen-bond acceptors (Lipinski definition) is 4. The third-order valence-electron chi connectivity index (χ3n) is 2.81. The van der Waals surface area contributed by atoms with Crippen LogP contribution >= 0.6 is 0 Å². The molecule has 0 saturated carbocycles. The second kappa shape index (κ2) is 6.17. The topological polar surface area (TPSA) is 70.2 Å². The number of anilines is 3. The van der Waals surface area contributed by atoms with Crippen LogP contribution in [-0.2, 0) is 0 Å². The number of benzene rings is 1. The minimum Gasteiger partial charge on any atom is -0.347 e. The first-order valence-corrected chi connectivity index (χ1v) is 6.30. The van der Waals surface area contributed by atoms with E-state index in [4.69, 9.17) is 0 Å². The van der Waals surface area contributed by atoms with Gasteiger partial charge in [0.1, 0.15) is 5.82 Å². The van der Waals surface area contributed by atoms with Crippen LogP contribution in [0.1, 0.15) is 5.56 Å². The van der Waals surface area contributed by atoms with E-state index < -0.39 is 6.03 Å². The fraction of sp³-hybridized carbons (Fsp3) is 0.214. The molecule has 0 radical (unpaired) electrons. The number of aromatic nitrogens is 2. The Labute approximate surface area is 122 Å². The summed E-state index contributed by atoms with van der Waals surface area (Å²) in [7, 11) is 3.64. The molecule has 0 atom stereocenters. The number of hydrogen-bond donors (Lipinski definition) is 2. The van der Waals surface area contributed by atoms with Crippen LogP contribution in [0.2, 0.25) is 0 Å². The fourth-order valence-corrected chi connectivity index (χ4v) is 1.64. The first kappa shape index (κ1) is 14.7. The van der Waals surface area contributed by atoms with Gasteiger partial charge in [-0.05, 0) is 19.1 Å². The van der Waals surface area contributed by atoms with E-state index in [9.17, 15) is 9.18 Å². The van der Waals surface area contributed by atoms with Gasteiger partial charge in [-0.2, -0.15) is 0 Å². The monoisotopic (exact) mass is 289 g/mol. The molecule has 2 rings (SSSR count). The maximum absolute atomic E-state index is 13.4. The average Bonchev–Trinajstić information content (AvgIpc) is 2.44. The van der Waals surface area contributed by atoms with Crippen molar-refractivity contribution in [2.75, 3.05) is 29.6 Å². The zero-order chi connectivity index (χ0) is 15.4. The third kappa shape index (κ3) is 3.65. The van der Waals surface area contributed by atoms with Crippen LogP contribution in [-0.4, -0.2) is 30.1 Å². The Balaban J connectivity index is 2.03. The van der Waals surface area contributed by atoms with E-state index >= 15 is 0 Å². The van der Waals surface area contributed by atoms with Crippen LogP contribution < -0.4 is 15.5 Å². The summed E-state index contributed by atoms with van der Waals surface area (Å²) >= 11 is 0. The van der Waals surface area contributed by atoms with Crippen molar-refractivity contribution in [3.05, 3.63) is 42.0 Å². The molecule has 2 aromatic rings. The molecule has 0 aliphatic carbocycles. The standard InChI is InChI=1S/C14H16FN5O/c1-9-11(15)5-4-6-12(9)19-14(21)18-10-7-16-13(17-8-10)20(2)3/h4-8H,1-3H3,(H2,18,19,21). The van der Waals surface area contributed by atoms with Gasteiger partial charge in [0.15, 0.2) is 0 Å². The van der Waals surface area contributed by atoms with Gasteiger partial charge in [-0.1, -0.05) is 6.07 Å². The number of nitrogens with one attached hydrogen (secondary N) is 2. The smallest absolute Gasteiger partial charge is 0.323 e. The lowest BCUT2D eigenvalue weighted by molar-refractivity contribution is 0.262. The number of amides is 2. The molecule has 0 saturated heterocycles. The summed E-state index contributed by atoms with van der Waals surface area (Å²) in [4.78, 5) is 21.8. The van der Waals surface area contributed by atoms with Gasteiger partial charge in [0, 0.05) is 25.3 Å². The molecule has 21 heavy (non-hydrogen) atoms. The molecule has 2 N–H and O–H groups in total. The molecule has 1 heterocycles. The average molecular weight is 289 g/mol. The maximum atomic E-state index is 13.4. The molecular weight excluding hydrogens is 273 g/mol. The SMILES string of the molecule is Cc1c(F)cccc1NC(=O)Nc1cnc(N(C)C)nc1. The number of nitrogens with zero attached hydrogens (tertiary/aromatic N) is 3. The van der Waals surface area contributed by atoms with Crippen LogP contribution in [0.15, 0.2) is 30.6 Å². The van der Waals surface area contributed by atoms with Gasteiger partial charge in [0.05, 0.1) is 18.1 Å². The van der Waals surface area contributed by atoms with E-state index in [-0.39, 0.29) is 5.82 Å². The third-order valence-corrected chi connectivity index (χ3v) is 2.81. The molecule has 6 nitrogen and oxygen atoms in total. The number of rotatable bonds is 3. The summed E-state index contributed by atoms with van der Waals surface area (Å²) in [5, 5.41) is 5.17. The Hall–Kier alpha value is -2.70. The zero-order valence-electron chi connectivity index (χ0n) is 12.0. The highest BCUT2D eigenvalue weighted by Crippen LogP contribution is 2.17. The number of halogens is 1. The van der Waals surface area contributed by atoms with E-state index in [1.165, 1.54) is 24.5 Å². The summed E-state index contributed by atoms with van der Waals surface area (Å²) in [5.74, 6) is 0.174. The van der Waals surface area contributed by atoms with Crippen LogP contribution in [0.25, 0.3) is 0 Å². The van der Waals surface area contributed by atoms with Crippen LogP contribution in [0.3, 0.4) is 0 Å². The molecule has 0 spiro atoms. The molecule has 1 aromatic carbocycles. The van der Waals surface area contributed by atoms with E-state index in [0.717, 1.165) is 0 Å². The molecule has 0 bridgehead atoms. The number of urea groups is 1. The lowest BCUT2D eigenvalue weighted by Gasteiger charge is -2.12. The molecule has 110 valence electrons. The fourth-order valence-electron chi connectivity index (χ4n) is 1.64. The summed E-state index contributed by atoms with van der Waals surface area (Å²) in [5.41, 5.74) is 1.25. The first-order valence-electron chi connectivity index (χ1n) is 6.30. The van der Waals surface area contributed by atoms with E-state index in [1.54, 1.807) is 17.9 Å². The van der Waals surface area contributed by atoms with Gasteiger partial charge in [-0.25, -0.2) is 19.2 Å². The van der Waals surface area contributed by atoms with Crippen molar-refractivity contribution in [3.8, 4) is 0 Å². The molecular formula is C14H16FN5O. The number of carbonyl (C=O) groups is 1. The summed E-state index contributed by atoms with van der Waals surface area (Å²) in [6.45, 7) is 1.60. The van der Waals surface area contributed by atoms with Gasteiger partial charge in [0.2, 0.25) is 5.95 Å². The Morgan fingerprint density at radius 3 is 2.48 bits per heavy atom. The Bertz CT molecular complexity index is 642. The van der Waals surface area contributed by atoms with Gasteiger partial charge >= 0.3 is 6.03 Å². The number of carbonyl (C=O) groups excluding carboxylic acids is 1. The summed E-state index contributed by atoms with van der Waals surface area (Å²) in [6, 6.07) is 4.02. The highest BCUT2D eigenvalue weighted by atomic mass is 19.1. The Kier molecular flexibility index (Phi) is 4.32. The minimum atomic E-state index is -0.482. The second-order valence-corrected chi connectivity index (χ2v) is 4.66. The predicted octanol–water partition coefficient (Wildman–Crippen LogP) is 2.63. The zero-order valence-corrected chi connectivity index (χ0v) is 12.0.